The molecule has 0 aliphatic carbocycles. The molecule has 1 saturated heterocycles. The molecule has 154 valence electrons. The van der Waals surface area contributed by atoms with E-state index in [2.05, 4.69) is 20.4 Å². The number of carbonyl (C=O) groups excluding carboxylic acids is 1. The molecule has 0 atom stereocenters. The molecule has 0 bridgehead atoms. The maximum absolute atomic E-state index is 12.0. The van der Waals surface area contributed by atoms with Gasteiger partial charge in [-0.05, 0) is 42.8 Å². The number of nitrogens with one attached hydrogen (secondary N) is 1. The molecule has 2 heterocycles. The van der Waals surface area contributed by atoms with Gasteiger partial charge < -0.3 is 14.2 Å². The number of ether oxygens (including phenoxy) is 3. The first kappa shape index (κ1) is 20.8. The minimum Gasteiger partial charge on any atom is -0.490 e. The fourth-order valence-corrected chi connectivity index (χ4v) is 2.83. The van der Waals surface area contributed by atoms with E-state index >= 15 is 0 Å². The first-order valence-corrected chi connectivity index (χ1v) is 9.69. The third-order valence-electron chi connectivity index (χ3n) is 4.34. The number of hydrogen-bond acceptors (Lipinski definition) is 7. The van der Waals surface area contributed by atoms with Crippen LogP contribution >= 0.6 is 0 Å². The highest BCUT2D eigenvalue weighted by atomic mass is 16.5. The maximum atomic E-state index is 12.0. The highest BCUT2D eigenvalue weighted by Gasteiger charge is 2.11. The second-order valence-corrected chi connectivity index (χ2v) is 6.38. The van der Waals surface area contributed by atoms with Crippen molar-refractivity contribution in [2.24, 2.45) is 5.10 Å². The largest absolute Gasteiger partial charge is 0.490 e. The Bertz CT molecular complexity index is 808. The van der Waals surface area contributed by atoms with Crippen molar-refractivity contribution in [3.05, 3.63) is 53.9 Å². The van der Waals surface area contributed by atoms with Crippen LogP contribution in [-0.2, 0) is 4.74 Å². The Hall–Kier alpha value is -2.97. The summed E-state index contributed by atoms with van der Waals surface area (Å²) in [5, 5.41) is 4.00. The molecule has 1 amide bonds. The van der Waals surface area contributed by atoms with Crippen molar-refractivity contribution in [3.63, 3.8) is 0 Å². The van der Waals surface area contributed by atoms with Crippen molar-refractivity contribution in [1.82, 2.24) is 15.3 Å². The van der Waals surface area contributed by atoms with E-state index in [9.17, 15) is 4.79 Å². The van der Waals surface area contributed by atoms with Gasteiger partial charge in [-0.1, -0.05) is 0 Å². The summed E-state index contributed by atoms with van der Waals surface area (Å²) in [6, 6.07) is 8.94. The summed E-state index contributed by atoms with van der Waals surface area (Å²) in [4.78, 5) is 18.2. The van der Waals surface area contributed by atoms with E-state index in [0.29, 0.717) is 30.3 Å². The van der Waals surface area contributed by atoms with Crippen molar-refractivity contribution < 1.29 is 19.0 Å². The molecule has 8 heteroatoms. The zero-order valence-corrected chi connectivity index (χ0v) is 16.5. The Labute approximate surface area is 170 Å². The number of benzene rings is 1. The van der Waals surface area contributed by atoms with E-state index in [0.717, 1.165) is 38.4 Å². The molecule has 0 unspecified atom stereocenters. The standard InChI is InChI=1S/C21H26N4O4/c1-2-28-20-14-17(15-23-24-21(26)18-4-3-7-22-16-18)5-6-19(20)29-13-10-25-8-11-27-12-9-25/h3-7,14-16H,2,8-13H2,1H3,(H,24,26)/b23-15+. The Morgan fingerprint density at radius 3 is 2.90 bits per heavy atom. The quantitative estimate of drug-likeness (QED) is 0.513. The van der Waals surface area contributed by atoms with Crippen molar-refractivity contribution in [1.29, 1.82) is 0 Å². The summed E-state index contributed by atoms with van der Waals surface area (Å²) in [6.45, 7) is 7.28. The van der Waals surface area contributed by atoms with Crippen LogP contribution in [0.2, 0.25) is 0 Å². The van der Waals surface area contributed by atoms with Crippen molar-refractivity contribution in [2.45, 2.75) is 6.92 Å². The van der Waals surface area contributed by atoms with Crippen LogP contribution in [0.1, 0.15) is 22.8 Å². The molecule has 1 fully saturated rings. The van der Waals surface area contributed by atoms with Gasteiger partial charge in [0.25, 0.3) is 5.91 Å². The minimum atomic E-state index is -0.317. The molecular formula is C21H26N4O4. The van der Waals surface area contributed by atoms with Gasteiger partial charge in [0.05, 0.1) is 31.6 Å². The second kappa shape index (κ2) is 11.1. The highest BCUT2D eigenvalue weighted by molar-refractivity contribution is 5.94. The lowest BCUT2D eigenvalue weighted by Gasteiger charge is -2.26. The van der Waals surface area contributed by atoms with Crippen LogP contribution < -0.4 is 14.9 Å². The average molecular weight is 398 g/mol. The molecule has 0 spiro atoms. The molecule has 3 rings (SSSR count). The number of carbonyl (C=O) groups is 1. The minimum absolute atomic E-state index is 0.317. The van der Waals surface area contributed by atoms with E-state index in [-0.39, 0.29) is 5.91 Å². The first-order chi connectivity index (χ1) is 14.3. The lowest BCUT2D eigenvalue weighted by atomic mass is 10.2. The maximum Gasteiger partial charge on any atom is 0.272 e. The van der Waals surface area contributed by atoms with Crippen LogP contribution in [0.15, 0.2) is 47.8 Å². The van der Waals surface area contributed by atoms with E-state index in [1.807, 2.05) is 25.1 Å². The predicted molar refractivity (Wildman–Crippen MR) is 110 cm³/mol. The van der Waals surface area contributed by atoms with Gasteiger partial charge in [0.1, 0.15) is 6.61 Å². The Morgan fingerprint density at radius 2 is 2.14 bits per heavy atom. The zero-order chi connectivity index (χ0) is 20.3. The molecule has 0 saturated carbocycles. The number of rotatable bonds is 9. The van der Waals surface area contributed by atoms with Gasteiger partial charge in [-0.25, -0.2) is 5.43 Å². The molecule has 0 radical (unpaired) electrons. The molecule has 1 aliphatic heterocycles. The number of hydrogen-bond donors (Lipinski definition) is 1. The molecule has 1 aliphatic rings. The lowest BCUT2D eigenvalue weighted by Crippen LogP contribution is -2.38. The van der Waals surface area contributed by atoms with E-state index < -0.39 is 0 Å². The average Bonchev–Trinajstić information content (AvgIpc) is 2.76. The van der Waals surface area contributed by atoms with Gasteiger partial charge >= 0.3 is 0 Å². The SMILES string of the molecule is CCOc1cc(/C=N/NC(=O)c2cccnc2)ccc1OCCN1CCOCC1. The van der Waals surface area contributed by atoms with Crippen molar-refractivity contribution in [3.8, 4) is 11.5 Å². The molecule has 29 heavy (non-hydrogen) atoms. The Balaban J connectivity index is 1.55. The monoisotopic (exact) mass is 398 g/mol. The molecule has 1 N–H and O–H groups in total. The van der Waals surface area contributed by atoms with Crippen LogP contribution in [-0.4, -0.2) is 68.1 Å². The van der Waals surface area contributed by atoms with E-state index in [1.54, 1.807) is 24.5 Å². The lowest BCUT2D eigenvalue weighted by molar-refractivity contribution is 0.0321. The third-order valence-corrected chi connectivity index (χ3v) is 4.34. The van der Waals surface area contributed by atoms with Crippen LogP contribution in [0.3, 0.4) is 0 Å². The summed E-state index contributed by atoms with van der Waals surface area (Å²) in [7, 11) is 0. The zero-order valence-electron chi connectivity index (χ0n) is 16.5. The van der Waals surface area contributed by atoms with Crippen molar-refractivity contribution in [2.75, 3.05) is 46.1 Å². The fraction of sp³-hybridized carbons (Fsp3) is 0.381. The van der Waals surface area contributed by atoms with Gasteiger partial charge in [-0.15, -0.1) is 0 Å². The number of morpholine rings is 1. The topological polar surface area (TPSA) is 85.3 Å². The molecule has 8 nitrogen and oxygen atoms in total. The van der Waals surface area contributed by atoms with E-state index in [4.69, 9.17) is 14.2 Å². The summed E-state index contributed by atoms with van der Waals surface area (Å²) in [6.07, 6.45) is 4.66. The van der Waals surface area contributed by atoms with Gasteiger partial charge in [-0.2, -0.15) is 5.10 Å². The number of aromatic nitrogens is 1. The van der Waals surface area contributed by atoms with Crippen LogP contribution in [0.5, 0.6) is 11.5 Å². The Kier molecular flexibility index (Phi) is 7.97. The van der Waals surface area contributed by atoms with Gasteiger partial charge in [0, 0.05) is 32.0 Å². The number of amides is 1. The molecule has 2 aromatic rings. The van der Waals surface area contributed by atoms with Gasteiger partial charge in [0.15, 0.2) is 11.5 Å². The van der Waals surface area contributed by atoms with Gasteiger partial charge in [-0.3, -0.25) is 14.7 Å². The summed E-state index contributed by atoms with van der Waals surface area (Å²) < 4.78 is 17.0. The first-order valence-electron chi connectivity index (χ1n) is 9.69. The second-order valence-electron chi connectivity index (χ2n) is 6.38. The number of hydrazone groups is 1. The highest BCUT2D eigenvalue weighted by Crippen LogP contribution is 2.28. The normalized spacial score (nSPS) is 14.7. The predicted octanol–water partition coefficient (Wildman–Crippen LogP) is 1.96. The fourth-order valence-electron chi connectivity index (χ4n) is 2.83. The van der Waals surface area contributed by atoms with E-state index in [1.165, 1.54) is 6.20 Å². The molecule has 1 aromatic heterocycles. The number of pyridine rings is 1. The Morgan fingerprint density at radius 1 is 1.28 bits per heavy atom. The molecular weight excluding hydrogens is 372 g/mol. The molecule has 1 aromatic carbocycles. The third kappa shape index (κ3) is 6.55. The summed E-state index contributed by atoms with van der Waals surface area (Å²) in [5.41, 5.74) is 3.73. The van der Waals surface area contributed by atoms with Crippen LogP contribution in [0.4, 0.5) is 0 Å². The van der Waals surface area contributed by atoms with Gasteiger partial charge in [0.2, 0.25) is 0 Å². The number of nitrogens with zero attached hydrogens (tertiary/aromatic N) is 3. The van der Waals surface area contributed by atoms with Crippen LogP contribution in [0, 0.1) is 0 Å². The van der Waals surface area contributed by atoms with Crippen molar-refractivity contribution >= 4 is 12.1 Å². The summed E-state index contributed by atoms with van der Waals surface area (Å²) >= 11 is 0. The smallest absolute Gasteiger partial charge is 0.272 e. The van der Waals surface area contributed by atoms with Crippen LogP contribution in [0.25, 0.3) is 0 Å². The summed E-state index contributed by atoms with van der Waals surface area (Å²) in [5.74, 6) is 1.02.